The maximum atomic E-state index is 12.7. The van der Waals surface area contributed by atoms with Crippen LogP contribution in [-0.2, 0) is 0 Å². The Kier molecular flexibility index (Phi) is 3.15. The first-order valence-corrected chi connectivity index (χ1v) is 8.73. The van der Waals surface area contributed by atoms with Gasteiger partial charge in [-0.3, -0.25) is 4.79 Å². The molecule has 0 unspecified atom stereocenters. The molecule has 2 aliphatic rings. The standard InChI is InChI=1S/C20H12O4S/c21-20-15-8-13(14-2-4-17-18(9-14)23-11-22-17)1-3-16(15)24-19(20)7-12-5-6-25-10-12/h1-10H,11H2. The fraction of sp³-hybridized carbons (Fsp3) is 0.0500. The SMILES string of the molecule is O=C1C(=Cc2ccsc2)Oc2ccc(-c3ccc4c(c3)OCO4)cc21. The summed E-state index contributed by atoms with van der Waals surface area (Å²) in [5, 5.41) is 3.95. The lowest BCUT2D eigenvalue weighted by atomic mass is 10.0. The number of carbonyl (C=O) groups excluding carboxylic acids is 1. The Hall–Kier alpha value is -3.05. The van der Waals surface area contributed by atoms with Crippen LogP contribution in [0.4, 0.5) is 0 Å². The van der Waals surface area contributed by atoms with E-state index in [2.05, 4.69) is 0 Å². The van der Waals surface area contributed by atoms with Gasteiger partial charge in [-0.2, -0.15) is 11.3 Å². The van der Waals surface area contributed by atoms with Gasteiger partial charge in [-0.25, -0.2) is 0 Å². The number of Topliss-reactive ketones (excluding diaryl/α,β-unsaturated/α-hetero) is 1. The highest BCUT2D eigenvalue weighted by molar-refractivity contribution is 7.08. The van der Waals surface area contributed by atoms with Crippen molar-refractivity contribution in [1.29, 1.82) is 0 Å². The van der Waals surface area contributed by atoms with Gasteiger partial charge < -0.3 is 14.2 Å². The minimum atomic E-state index is -0.0937. The van der Waals surface area contributed by atoms with Crippen LogP contribution in [0.3, 0.4) is 0 Å². The molecule has 2 aliphatic heterocycles. The summed E-state index contributed by atoms with van der Waals surface area (Å²) in [7, 11) is 0. The number of ketones is 1. The molecule has 0 N–H and O–H groups in total. The normalized spacial score (nSPS) is 16.2. The third-order valence-corrected chi connectivity index (χ3v) is 4.92. The molecule has 0 saturated carbocycles. The average molecular weight is 348 g/mol. The van der Waals surface area contributed by atoms with Crippen molar-refractivity contribution >= 4 is 23.2 Å². The summed E-state index contributed by atoms with van der Waals surface area (Å²) in [6, 6.07) is 13.4. The van der Waals surface area contributed by atoms with Crippen molar-refractivity contribution in [2.75, 3.05) is 6.79 Å². The number of ether oxygens (including phenoxy) is 3. The molecule has 3 aromatic rings. The van der Waals surface area contributed by atoms with Gasteiger partial charge in [0.05, 0.1) is 5.56 Å². The summed E-state index contributed by atoms with van der Waals surface area (Å²) in [6.45, 7) is 0.242. The third kappa shape index (κ3) is 2.40. The van der Waals surface area contributed by atoms with Gasteiger partial charge in [-0.05, 0) is 63.9 Å². The molecule has 0 amide bonds. The molecule has 0 fully saturated rings. The third-order valence-electron chi connectivity index (χ3n) is 4.21. The summed E-state index contributed by atoms with van der Waals surface area (Å²) in [5.74, 6) is 2.32. The molecule has 3 heterocycles. The van der Waals surface area contributed by atoms with E-state index in [-0.39, 0.29) is 12.6 Å². The van der Waals surface area contributed by atoms with Crippen molar-refractivity contribution in [2.45, 2.75) is 0 Å². The number of allylic oxidation sites excluding steroid dienone is 1. The Morgan fingerprint density at radius 2 is 1.72 bits per heavy atom. The van der Waals surface area contributed by atoms with E-state index in [1.807, 2.05) is 53.2 Å². The zero-order chi connectivity index (χ0) is 16.8. The van der Waals surface area contributed by atoms with Crippen LogP contribution in [0, 0.1) is 0 Å². The maximum Gasteiger partial charge on any atom is 0.231 e. The van der Waals surface area contributed by atoms with E-state index < -0.39 is 0 Å². The molecule has 25 heavy (non-hydrogen) atoms. The minimum Gasteiger partial charge on any atom is -0.454 e. The van der Waals surface area contributed by atoms with E-state index in [0.29, 0.717) is 17.1 Å². The number of benzene rings is 2. The molecule has 0 atom stereocenters. The first kappa shape index (κ1) is 14.3. The second-order valence-electron chi connectivity index (χ2n) is 5.78. The van der Waals surface area contributed by atoms with Crippen LogP contribution in [-0.4, -0.2) is 12.6 Å². The van der Waals surface area contributed by atoms with Crippen LogP contribution in [0.2, 0.25) is 0 Å². The second-order valence-corrected chi connectivity index (χ2v) is 6.56. The lowest BCUT2D eigenvalue weighted by molar-refractivity contribution is 0.101. The Bertz CT molecular complexity index is 1020. The molecule has 2 aromatic carbocycles. The topological polar surface area (TPSA) is 44.8 Å². The van der Waals surface area contributed by atoms with E-state index >= 15 is 0 Å². The fourth-order valence-electron chi connectivity index (χ4n) is 2.95. The molecule has 122 valence electrons. The number of fused-ring (bicyclic) bond motifs is 2. The first-order chi connectivity index (χ1) is 12.3. The van der Waals surface area contributed by atoms with Crippen LogP contribution < -0.4 is 14.2 Å². The molecule has 0 aliphatic carbocycles. The zero-order valence-electron chi connectivity index (χ0n) is 13.0. The Morgan fingerprint density at radius 3 is 2.56 bits per heavy atom. The highest BCUT2D eigenvalue weighted by atomic mass is 32.1. The number of carbonyl (C=O) groups is 1. The lowest BCUT2D eigenvalue weighted by Gasteiger charge is -2.05. The molecule has 4 nitrogen and oxygen atoms in total. The van der Waals surface area contributed by atoms with Gasteiger partial charge in [0, 0.05) is 0 Å². The quantitative estimate of drug-likeness (QED) is 0.626. The molecule has 5 heteroatoms. The van der Waals surface area contributed by atoms with Gasteiger partial charge in [0.15, 0.2) is 17.3 Å². The van der Waals surface area contributed by atoms with Gasteiger partial charge in [0.25, 0.3) is 0 Å². The predicted molar refractivity (Wildman–Crippen MR) is 95.3 cm³/mol. The van der Waals surface area contributed by atoms with Crippen LogP contribution in [0.15, 0.2) is 59.0 Å². The van der Waals surface area contributed by atoms with Crippen molar-refractivity contribution in [2.24, 2.45) is 0 Å². The summed E-state index contributed by atoms with van der Waals surface area (Å²) in [4.78, 5) is 12.7. The van der Waals surface area contributed by atoms with Crippen LogP contribution >= 0.6 is 11.3 Å². The number of rotatable bonds is 2. The van der Waals surface area contributed by atoms with Crippen molar-refractivity contribution in [1.82, 2.24) is 0 Å². The molecule has 0 spiro atoms. The van der Waals surface area contributed by atoms with Crippen LogP contribution in [0.1, 0.15) is 15.9 Å². The van der Waals surface area contributed by atoms with Gasteiger partial charge in [-0.15, -0.1) is 0 Å². The molecule has 0 saturated heterocycles. The smallest absolute Gasteiger partial charge is 0.231 e. The Morgan fingerprint density at radius 1 is 0.920 bits per heavy atom. The molecule has 1 aromatic heterocycles. The summed E-state index contributed by atoms with van der Waals surface area (Å²) in [6.07, 6.45) is 1.78. The van der Waals surface area contributed by atoms with E-state index in [1.54, 1.807) is 17.4 Å². The van der Waals surface area contributed by atoms with E-state index in [0.717, 1.165) is 28.2 Å². The van der Waals surface area contributed by atoms with Crippen molar-refractivity contribution in [3.05, 3.63) is 70.1 Å². The Balaban J connectivity index is 1.52. The highest BCUT2D eigenvalue weighted by Gasteiger charge is 2.28. The van der Waals surface area contributed by atoms with E-state index in [4.69, 9.17) is 14.2 Å². The average Bonchev–Trinajstić information content (AvgIpc) is 3.36. The number of hydrogen-bond donors (Lipinski definition) is 0. The van der Waals surface area contributed by atoms with Crippen LogP contribution in [0.5, 0.6) is 17.2 Å². The monoisotopic (exact) mass is 348 g/mol. The summed E-state index contributed by atoms with van der Waals surface area (Å²) >= 11 is 1.58. The van der Waals surface area contributed by atoms with Gasteiger partial charge in [0.1, 0.15) is 5.75 Å². The van der Waals surface area contributed by atoms with Crippen molar-refractivity contribution in [3.8, 4) is 28.4 Å². The number of thiophene rings is 1. The largest absolute Gasteiger partial charge is 0.454 e. The maximum absolute atomic E-state index is 12.7. The molecule has 0 radical (unpaired) electrons. The van der Waals surface area contributed by atoms with Crippen molar-refractivity contribution < 1.29 is 19.0 Å². The van der Waals surface area contributed by atoms with E-state index in [1.165, 1.54) is 0 Å². The van der Waals surface area contributed by atoms with Crippen molar-refractivity contribution in [3.63, 3.8) is 0 Å². The van der Waals surface area contributed by atoms with Crippen LogP contribution in [0.25, 0.3) is 17.2 Å². The van der Waals surface area contributed by atoms with Gasteiger partial charge in [-0.1, -0.05) is 12.1 Å². The summed E-state index contributed by atoms with van der Waals surface area (Å²) < 4.78 is 16.5. The fourth-order valence-corrected chi connectivity index (χ4v) is 3.57. The number of hydrogen-bond acceptors (Lipinski definition) is 5. The molecule has 5 rings (SSSR count). The van der Waals surface area contributed by atoms with Gasteiger partial charge >= 0.3 is 0 Å². The predicted octanol–water partition coefficient (Wildman–Crippen LogP) is 4.76. The first-order valence-electron chi connectivity index (χ1n) is 7.78. The van der Waals surface area contributed by atoms with Gasteiger partial charge in [0.2, 0.25) is 12.6 Å². The lowest BCUT2D eigenvalue weighted by Crippen LogP contribution is -1.97. The molecular weight excluding hydrogens is 336 g/mol. The molecule has 0 bridgehead atoms. The van der Waals surface area contributed by atoms with E-state index in [9.17, 15) is 4.79 Å². The minimum absolute atomic E-state index is 0.0937. The Labute approximate surface area is 147 Å². The molecular formula is C20H12O4S. The highest BCUT2D eigenvalue weighted by Crippen LogP contribution is 2.39. The summed E-state index contributed by atoms with van der Waals surface area (Å²) in [5.41, 5.74) is 3.45. The second kappa shape index (κ2) is 5.50. The zero-order valence-corrected chi connectivity index (χ0v) is 13.8.